The molecular weight excluding hydrogens is 409 g/mol. The van der Waals surface area contributed by atoms with E-state index in [9.17, 15) is 4.79 Å². The van der Waals surface area contributed by atoms with Crippen LogP contribution in [0.4, 0.5) is 0 Å². The van der Waals surface area contributed by atoms with E-state index in [0.29, 0.717) is 5.56 Å². The van der Waals surface area contributed by atoms with Gasteiger partial charge in [-0.05, 0) is 69.5 Å². The second-order valence-electron chi connectivity index (χ2n) is 8.76. The largest absolute Gasteiger partial charge is 0.493 e. The maximum absolute atomic E-state index is 11.4. The van der Waals surface area contributed by atoms with E-state index in [2.05, 4.69) is 33.8 Å². The molecule has 2 aromatic carbocycles. The number of rotatable bonds is 3. The Morgan fingerprint density at radius 3 is 2.38 bits per heavy atom. The quantitative estimate of drug-likeness (QED) is 0.610. The van der Waals surface area contributed by atoms with E-state index < -0.39 is 5.24 Å². The van der Waals surface area contributed by atoms with E-state index >= 15 is 0 Å². The van der Waals surface area contributed by atoms with E-state index in [1.807, 2.05) is 12.1 Å². The van der Waals surface area contributed by atoms with Crippen molar-refractivity contribution in [2.45, 2.75) is 51.7 Å². The van der Waals surface area contributed by atoms with Crippen molar-refractivity contribution in [3.8, 4) is 11.5 Å². The van der Waals surface area contributed by atoms with E-state index in [0.717, 1.165) is 46.7 Å². The lowest BCUT2D eigenvalue weighted by molar-refractivity contribution is 0.108. The summed E-state index contributed by atoms with van der Waals surface area (Å²) in [5.41, 5.74) is 5.33. The number of methoxy groups -OCH3 is 1. The Morgan fingerprint density at radius 2 is 1.79 bits per heavy atom. The first-order chi connectivity index (χ1) is 13.1. The van der Waals surface area contributed by atoms with Crippen LogP contribution in [0.2, 0.25) is 0 Å². The van der Waals surface area contributed by atoms with Gasteiger partial charge in [0.2, 0.25) is 0 Å². The average molecular weight is 434 g/mol. The minimum absolute atomic E-state index is 0. The van der Waals surface area contributed by atoms with Gasteiger partial charge < -0.3 is 9.47 Å². The van der Waals surface area contributed by atoms with Crippen molar-refractivity contribution in [1.29, 1.82) is 0 Å². The molecule has 6 heteroatoms. The second kappa shape index (κ2) is 7.33. The number of ether oxygens (including phenoxy) is 2. The maximum Gasteiger partial charge on any atom is 0.252 e. The summed E-state index contributed by atoms with van der Waals surface area (Å²) in [5.74, 6) is 1.59. The van der Waals surface area contributed by atoms with Gasteiger partial charge in [-0.25, -0.2) is 0 Å². The van der Waals surface area contributed by atoms with Crippen molar-refractivity contribution in [1.82, 2.24) is 0 Å². The first kappa shape index (κ1) is 21.7. The van der Waals surface area contributed by atoms with Crippen molar-refractivity contribution in [3.63, 3.8) is 0 Å². The summed E-state index contributed by atoms with van der Waals surface area (Å²) < 4.78 is 11.9. The fraction of sp³-hybridized carbons (Fsp3) is 0.391. The standard InChI is InChI=1S/C23H24ClNO3.ClH/c1-22(2)11-15-10-17(27-5)20-16(12-23(3,4)28-20)18(15)19(25-22)13-6-8-14(9-7-13)21(24)26;/h6-10H,11-12H2,1-5H3;1H. The molecule has 0 bridgehead atoms. The number of benzene rings is 2. The van der Waals surface area contributed by atoms with Crippen molar-refractivity contribution in [2.75, 3.05) is 7.11 Å². The third-order valence-electron chi connectivity index (χ3n) is 5.29. The van der Waals surface area contributed by atoms with Gasteiger partial charge in [0.15, 0.2) is 11.5 Å². The first-order valence-corrected chi connectivity index (χ1v) is 9.80. The van der Waals surface area contributed by atoms with Gasteiger partial charge >= 0.3 is 0 Å². The van der Waals surface area contributed by atoms with Gasteiger partial charge in [-0.15, -0.1) is 12.4 Å². The smallest absolute Gasteiger partial charge is 0.252 e. The van der Waals surface area contributed by atoms with Gasteiger partial charge in [0.25, 0.3) is 5.24 Å². The molecule has 0 radical (unpaired) electrons. The summed E-state index contributed by atoms with van der Waals surface area (Å²) in [6.45, 7) is 8.44. The predicted molar refractivity (Wildman–Crippen MR) is 119 cm³/mol. The number of fused-ring (bicyclic) bond motifs is 3. The third kappa shape index (κ3) is 3.88. The normalized spacial score (nSPS) is 17.9. The molecular formula is C23H25Cl2NO3. The molecule has 0 fully saturated rings. The number of carbonyl (C=O) groups is 1. The van der Waals surface area contributed by atoms with Crippen LogP contribution in [-0.4, -0.2) is 29.2 Å². The highest BCUT2D eigenvalue weighted by atomic mass is 35.5. The lowest BCUT2D eigenvalue weighted by Gasteiger charge is -2.31. The monoisotopic (exact) mass is 433 g/mol. The van der Waals surface area contributed by atoms with Crippen LogP contribution in [0.1, 0.15) is 60.3 Å². The Morgan fingerprint density at radius 1 is 1.14 bits per heavy atom. The summed E-state index contributed by atoms with van der Waals surface area (Å²) in [5, 5.41) is -0.460. The van der Waals surface area contributed by atoms with Gasteiger partial charge in [-0.3, -0.25) is 9.79 Å². The number of nitrogens with zero attached hydrogens (tertiary/aromatic N) is 1. The van der Waals surface area contributed by atoms with Crippen LogP contribution in [0.25, 0.3) is 0 Å². The minimum Gasteiger partial charge on any atom is -0.493 e. The first-order valence-electron chi connectivity index (χ1n) is 9.42. The van der Waals surface area contributed by atoms with Crippen LogP contribution in [0, 0.1) is 0 Å². The Bertz CT molecular complexity index is 1010. The Hall–Kier alpha value is -2.04. The number of hydrogen-bond donors (Lipinski definition) is 0. The summed E-state index contributed by atoms with van der Waals surface area (Å²) >= 11 is 5.61. The van der Waals surface area contributed by atoms with Crippen LogP contribution < -0.4 is 9.47 Å². The van der Waals surface area contributed by atoms with Gasteiger partial charge in [0.05, 0.1) is 18.4 Å². The number of hydrogen-bond acceptors (Lipinski definition) is 4. The zero-order valence-electron chi connectivity index (χ0n) is 17.3. The predicted octanol–water partition coefficient (Wildman–Crippen LogP) is 5.38. The van der Waals surface area contributed by atoms with Gasteiger partial charge in [0, 0.05) is 28.7 Å². The maximum atomic E-state index is 11.4. The Kier molecular flexibility index (Phi) is 5.48. The van der Waals surface area contributed by atoms with Crippen molar-refractivity contribution in [2.24, 2.45) is 4.99 Å². The van der Waals surface area contributed by atoms with Crippen LogP contribution in [0.3, 0.4) is 0 Å². The SMILES string of the molecule is COc1cc2c(c3c1OC(C)(C)C3)C(c1ccc(C(=O)Cl)cc1)=NC(C)(C)C2.Cl. The number of aliphatic imine (C=N–C) groups is 1. The third-order valence-corrected chi connectivity index (χ3v) is 5.50. The van der Waals surface area contributed by atoms with Crippen molar-refractivity contribution < 1.29 is 14.3 Å². The molecule has 29 heavy (non-hydrogen) atoms. The molecule has 0 atom stereocenters. The molecule has 2 aromatic rings. The molecule has 0 saturated carbocycles. The van der Waals surface area contributed by atoms with Crippen LogP contribution in [-0.2, 0) is 12.8 Å². The number of carbonyl (C=O) groups excluding carboxylic acids is 1. The summed E-state index contributed by atoms with van der Waals surface area (Å²) in [4.78, 5) is 16.5. The molecule has 0 aromatic heterocycles. The highest BCUT2D eigenvalue weighted by Gasteiger charge is 2.39. The van der Waals surface area contributed by atoms with Gasteiger partial charge in [-0.1, -0.05) is 12.1 Å². The second-order valence-corrected chi connectivity index (χ2v) is 9.10. The molecule has 4 rings (SSSR count). The Labute approximate surface area is 182 Å². The molecule has 0 unspecified atom stereocenters. The van der Waals surface area contributed by atoms with Crippen molar-refractivity contribution >= 4 is 35.0 Å². The summed E-state index contributed by atoms with van der Waals surface area (Å²) in [7, 11) is 1.68. The van der Waals surface area contributed by atoms with Gasteiger partial charge in [-0.2, -0.15) is 0 Å². The lowest BCUT2D eigenvalue weighted by Crippen LogP contribution is -2.30. The molecule has 2 aliphatic rings. The fourth-order valence-corrected chi connectivity index (χ4v) is 4.31. The molecule has 154 valence electrons. The summed E-state index contributed by atoms with van der Waals surface area (Å²) in [6.07, 6.45) is 1.62. The topological polar surface area (TPSA) is 47.9 Å². The highest BCUT2D eigenvalue weighted by molar-refractivity contribution is 6.67. The van der Waals surface area contributed by atoms with Crippen LogP contribution in [0.15, 0.2) is 35.3 Å². The lowest BCUT2D eigenvalue weighted by atomic mass is 9.81. The molecule has 0 N–H and O–H groups in total. The van der Waals surface area contributed by atoms with Crippen LogP contribution in [0.5, 0.6) is 11.5 Å². The molecule has 0 amide bonds. The molecule has 0 spiro atoms. The van der Waals surface area contributed by atoms with E-state index in [1.54, 1.807) is 19.2 Å². The zero-order valence-corrected chi connectivity index (χ0v) is 18.8. The molecule has 4 nitrogen and oxygen atoms in total. The van der Waals surface area contributed by atoms with E-state index in [1.165, 1.54) is 5.56 Å². The molecule has 2 heterocycles. The fourth-order valence-electron chi connectivity index (χ4n) is 4.19. The molecule has 2 aliphatic heterocycles. The van der Waals surface area contributed by atoms with E-state index in [-0.39, 0.29) is 23.5 Å². The van der Waals surface area contributed by atoms with Crippen molar-refractivity contribution in [3.05, 3.63) is 58.1 Å². The van der Waals surface area contributed by atoms with Gasteiger partial charge in [0.1, 0.15) is 5.60 Å². The molecule has 0 aliphatic carbocycles. The van der Waals surface area contributed by atoms with E-state index in [4.69, 9.17) is 26.1 Å². The summed E-state index contributed by atoms with van der Waals surface area (Å²) in [6, 6.07) is 9.41. The molecule has 0 saturated heterocycles. The average Bonchev–Trinajstić information content (AvgIpc) is 2.94. The Balaban J connectivity index is 0.00000240. The zero-order chi connectivity index (χ0) is 20.3. The minimum atomic E-state index is -0.460. The highest BCUT2D eigenvalue weighted by Crippen LogP contribution is 2.47. The number of halogens is 2. The van der Waals surface area contributed by atoms with Crippen LogP contribution >= 0.6 is 24.0 Å².